The quantitative estimate of drug-likeness (QED) is 0.687. The number of esters is 1. The number of benzene rings is 2. The van der Waals surface area contributed by atoms with Crippen molar-refractivity contribution in [3.63, 3.8) is 0 Å². The molecule has 0 aliphatic rings. The van der Waals surface area contributed by atoms with Crippen LogP contribution in [0.2, 0.25) is 0 Å². The summed E-state index contributed by atoms with van der Waals surface area (Å²) in [5.74, 6) is 0.261. The normalized spacial score (nSPS) is 10.5. The Morgan fingerprint density at radius 3 is 2.57 bits per heavy atom. The number of ether oxygens (including phenoxy) is 1. The lowest BCUT2D eigenvalue weighted by atomic mass is 10.1. The maximum absolute atomic E-state index is 11.9. The lowest BCUT2D eigenvalue weighted by Crippen LogP contribution is -2.05. The van der Waals surface area contributed by atoms with E-state index in [0.29, 0.717) is 11.5 Å². The molecule has 3 rings (SSSR count). The molecule has 0 unspecified atom stereocenters. The van der Waals surface area contributed by atoms with Gasteiger partial charge in [0, 0.05) is 5.56 Å². The third kappa shape index (κ3) is 3.63. The van der Waals surface area contributed by atoms with Crippen LogP contribution in [0.4, 0.5) is 0 Å². The van der Waals surface area contributed by atoms with Gasteiger partial charge in [-0.1, -0.05) is 35.4 Å². The van der Waals surface area contributed by atoms with Crippen molar-refractivity contribution in [2.75, 3.05) is 0 Å². The van der Waals surface area contributed by atoms with Crippen LogP contribution < -0.4 is 0 Å². The van der Waals surface area contributed by atoms with Crippen LogP contribution in [0.25, 0.3) is 11.5 Å². The highest BCUT2D eigenvalue weighted by Gasteiger charge is 2.12. The largest absolute Gasteiger partial charge is 0.452 e. The molecule has 3 aromatic rings. The van der Waals surface area contributed by atoms with Crippen molar-refractivity contribution in [3.8, 4) is 11.5 Å². The molecule has 23 heavy (non-hydrogen) atoms. The molecule has 0 N–H and O–H groups in total. The first-order valence-corrected chi connectivity index (χ1v) is 7.25. The van der Waals surface area contributed by atoms with Crippen molar-refractivity contribution in [2.45, 2.75) is 20.5 Å². The van der Waals surface area contributed by atoms with Crippen LogP contribution in [-0.4, -0.2) is 16.2 Å². The molecular formula is C18H16N2O3. The third-order valence-corrected chi connectivity index (χ3v) is 3.35. The Morgan fingerprint density at radius 2 is 1.83 bits per heavy atom. The average molecular weight is 308 g/mol. The molecular weight excluding hydrogens is 292 g/mol. The number of hydrogen-bond donors (Lipinski definition) is 0. The number of nitrogens with zero attached hydrogens (tertiary/aromatic N) is 2. The molecule has 5 nitrogen and oxygen atoms in total. The number of rotatable bonds is 4. The standard InChI is InChI=1S/C18H16N2O3/c1-12-6-8-14(9-7-12)18(21)22-11-16-19-20-17(23-16)15-5-3-4-13(2)10-15/h3-10H,11H2,1-2H3. The van der Waals surface area contributed by atoms with E-state index < -0.39 is 5.97 Å². The van der Waals surface area contributed by atoms with Crippen molar-refractivity contribution in [2.24, 2.45) is 0 Å². The molecule has 0 atom stereocenters. The monoisotopic (exact) mass is 308 g/mol. The maximum Gasteiger partial charge on any atom is 0.338 e. The van der Waals surface area contributed by atoms with E-state index in [-0.39, 0.29) is 12.5 Å². The van der Waals surface area contributed by atoms with E-state index in [1.54, 1.807) is 12.1 Å². The van der Waals surface area contributed by atoms with Crippen LogP contribution in [0.5, 0.6) is 0 Å². The first-order chi connectivity index (χ1) is 11.1. The molecule has 0 bridgehead atoms. The molecule has 116 valence electrons. The minimum Gasteiger partial charge on any atom is -0.452 e. The summed E-state index contributed by atoms with van der Waals surface area (Å²) in [4.78, 5) is 11.9. The van der Waals surface area contributed by atoms with E-state index in [0.717, 1.165) is 16.7 Å². The predicted octanol–water partition coefficient (Wildman–Crippen LogP) is 3.71. The summed E-state index contributed by atoms with van der Waals surface area (Å²) in [6.07, 6.45) is 0. The molecule has 0 fully saturated rings. The van der Waals surface area contributed by atoms with Gasteiger partial charge in [0.15, 0.2) is 6.61 Å². The van der Waals surface area contributed by atoms with E-state index in [1.807, 2.05) is 50.2 Å². The highest BCUT2D eigenvalue weighted by molar-refractivity contribution is 5.89. The van der Waals surface area contributed by atoms with Gasteiger partial charge in [0.05, 0.1) is 5.56 Å². The smallest absolute Gasteiger partial charge is 0.338 e. The van der Waals surface area contributed by atoms with Crippen molar-refractivity contribution in [1.82, 2.24) is 10.2 Å². The van der Waals surface area contributed by atoms with E-state index in [1.165, 1.54) is 0 Å². The van der Waals surface area contributed by atoms with E-state index in [4.69, 9.17) is 9.15 Å². The lowest BCUT2D eigenvalue weighted by Gasteiger charge is -2.02. The van der Waals surface area contributed by atoms with Crippen LogP contribution >= 0.6 is 0 Å². The Labute approximate surface area is 133 Å². The van der Waals surface area contributed by atoms with E-state index >= 15 is 0 Å². The second-order valence-corrected chi connectivity index (χ2v) is 5.31. The fraction of sp³-hybridized carbons (Fsp3) is 0.167. The van der Waals surface area contributed by atoms with Gasteiger partial charge < -0.3 is 9.15 Å². The molecule has 0 aliphatic carbocycles. The van der Waals surface area contributed by atoms with Gasteiger partial charge in [-0.2, -0.15) is 0 Å². The minimum absolute atomic E-state index is 0.0501. The van der Waals surface area contributed by atoms with Crippen LogP contribution in [0.1, 0.15) is 27.4 Å². The summed E-state index contributed by atoms with van der Waals surface area (Å²) in [6.45, 7) is 3.90. The third-order valence-electron chi connectivity index (χ3n) is 3.35. The highest BCUT2D eigenvalue weighted by Crippen LogP contribution is 2.19. The molecule has 0 saturated carbocycles. The van der Waals surface area contributed by atoms with Crippen molar-refractivity contribution < 1.29 is 13.9 Å². The zero-order chi connectivity index (χ0) is 16.2. The van der Waals surface area contributed by atoms with Gasteiger partial charge in [0.2, 0.25) is 5.89 Å². The number of carbonyl (C=O) groups excluding carboxylic acids is 1. The molecule has 1 heterocycles. The molecule has 0 spiro atoms. The summed E-state index contributed by atoms with van der Waals surface area (Å²) < 4.78 is 10.7. The Morgan fingerprint density at radius 1 is 1.04 bits per heavy atom. The van der Waals surface area contributed by atoms with Crippen LogP contribution in [0.3, 0.4) is 0 Å². The Balaban J connectivity index is 1.65. The number of hydrogen-bond acceptors (Lipinski definition) is 5. The first kappa shape index (κ1) is 15.0. The molecule has 1 aromatic heterocycles. The first-order valence-electron chi connectivity index (χ1n) is 7.25. The molecule has 0 radical (unpaired) electrons. The van der Waals surface area contributed by atoms with Crippen LogP contribution in [-0.2, 0) is 11.3 Å². The fourth-order valence-corrected chi connectivity index (χ4v) is 2.11. The maximum atomic E-state index is 11.9. The second kappa shape index (κ2) is 6.44. The van der Waals surface area contributed by atoms with Gasteiger partial charge in [-0.25, -0.2) is 4.79 Å². The molecule has 2 aromatic carbocycles. The number of carbonyl (C=O) groups is 1. The Bertz CT molecular complexity index is 822. The summed E-state index contributed by atoms with van der Waals surface area (Å²) in [7, 11) is 0. The topological polar surface area (TPSA) is 65.2 Å². The summed E-state index contributed by atoms with van der Waals surface area (Å²) in [5, 5.41) is 7.89. The van der Waals surface area contributed by atoms with Crippen molar-refractivity contribution >= 4 is 5.97 Å². The molecule has 0 aliphatic heterocycles. The van der Waals surface area contributed by atoms with Crippen molar-refractivity contribution in [1.29, 1.82) is 0 Å². The molecule has 5 heteroatoms. The Kier molecular flexibility index (Phi) is 4.19. The minimum atomic E-state index is -0.416. The zero-order valence-electron chi connectivity index (χ0n) is 12.9. The fourth-order valence-electron chi connectivity index (χ4n) is 2.11. The summed E-state index contributed by atoms with van der Waals surface area (Å²) >= 11 is 0. The van der Waals surface area contributed by atoms with Gasteiger partial charge in [0.25, 0.3) is 5.89 Å². The predicted molar refractivity (Wildman–Crippen MR) is 84.8 cm³/mol. The number of aryl methyl sites for hydroxylation is 2. The van der Waals surface area contributed by atoms with Gasteiger partial charge >= 0.3 is 5.97 Å². The van der Waals surface area contributed by atoms with Gasteiger partial charge in [0.1, 0.15) is 0 Å². The summed E-state index contributed by atoms with van der Waals surface area (Å²) in [5.41, 5.74) is 3.52. The van der Waals surface area contributed by atoms with Crippen LogP contribution in [0.15, 0.2) is 52.9 Å². The average Bonchev–Trinajstić information content (AvgIpc) is 3.02. The van der Waals surface area contributed by atoms with Crippen molar-refractivity contribution in [3.05, 3.63) is 71.1 Å². The van der Waals surface area contributed by atoms with Gasteiger partial charge in [-0.15, -0.1) is 10.2 Å². The van der Waals surface area contributed by atoms with Gasteiger partial charge in [-0.3, -0.25) is 0 Å². The summed E-state index contributed by atoms with van der Waals surface area (Å²) in [6, 6.07) is 14.9. The zero-order valence-corrected chi connectivity index (χ0v) is 12.9. The Hall–Kier alpha value is -2.95. The molecule has 0 saturated heterocycles. The SMILES string of the molecule is Cc1ccc(C(=O)OCc2nnc(-c3cccc(C)c3)o2)cc1. The second-order valence-electron chi connectivity index (χ2n) is 5.31. The van der Waals surface area contributed by atoms with E-state index in [2.05, 4.69) is 10.2 Å². The van der Waals surface area contributed by atoms with Crippen LogP contribution in [0, 0.1) is 13.8 Å². The van der Waals surface area contributed by atoms with Gasteiger partial charge in [-0.05, 0) is 38.1 Å². The lowest BCUT2D eigenvalue weighted by molar-refractivity contribution is 0.0438. The van der Waals surface area contributed by atoms with E-state index in [9.17, 15) is 4.79 Å². The number of aromatic nitrogens is 2. The highest BCUT2D eigenvalue weighted by atomic mass is 16.5. The molecule has 0 amide bonds.